The summed E-state index contributed by atoms with van der Waals surface area (Å²) in [6.45, 7) is 10.8. The molecule has 0 saturated heterocycles. The summed E-state index contributed by atoms with van der Waals surface area (Å²) in [6, 6.07) is 6.36. The third kappa shape index (κ3) is 6.96. The zero-order valence-corrected chi connectivity index (χ0v) is 14.1. The van der Waals surface area contributed by atoms with E-state index in [0.717, 1.165) is 36.4 Å². The summed E-state index contributed by atoms with van der Waals surface area (Å²) < 4.78 is 16.6. The van der Waals surface area contributed by atoms with Crippen molar-refractivity contribution in [3.05, 3.63) is 36.4 Å². The van der Waals surface area contributed by atoms with E-state index in [4.69, 9.17) is 14.2 Å². The normalized spacial score (nSPS) is 12.0. The Kier molecular flexibility index (Phi) is 9.35. The lowest BCUT2D eigenvalue weighted by molar-refractivity contribution is 0.100. The summed E-state index contributed by atoms with van der Waals surface area (Å²) in [5.41, 5.74) is 1.08. The molecule has 1 aromatic rings. The Morgan fingerprint density at radius 3 is 2.77 bits per heavy atom. The van der Waals surface area contributed by atoms with Crippen LogP contribution < -0.4 is 14.8 Å². The largest absolute Gasteiger partial charge is 0.497 e. The molecule has 1 aromatic carbocycles. The lowest BCUT2D eigenvalue weighted by Crippen LogP contribution is -2.29. The lowest BCUT2D eigenvalue weighted by Gasteiger charge is -2.13. The third-order valence-electron chi connectivity index (χ3n) is 3.47. The molecule has 0 amide bonds. The molecule has 0 saturated carbocycles. The fourth-order valence-electron chi connectivity index (χ4n) is 1.97. The highest BCUT2D eigenvalue weighted by Gasteiger charge is 2.04. The number of methoxy groups -OCH3 is 1. The van der Waals surface area contributed by atoms with Crippen molar-refractivity contribution >= 4 is 0 Å². The Morgan fingerprint density at radius 2 is 2.09 bits per heavy atom. The molecule has 0 fully saturated rings. The highest BCUT2D eigenvalue weighted by molar-refractivity contribution is 5.41. The zero-order valence-electron chi connectivity index (χ0n) is 14.1. The van der Waals surface area contributed by atoms with Gasteiger partial charge in [-0.05, 0) is 38.0 Å². The van der Waals surface area contributed by atoms with Crippen LogP contribution >= 0.6 is 0 Å². The van der Waals surface area contributed by atoms with Crippen molar-refractivity contribution in [2.75, 3.05) is 33.5 Å². The van der Waals surface area contributed by atoms with Crippen LogP contribution in [-0.2, 0) is 11.2 Å². The molecule has 1 rings (SSSR count). The lowest BCUT2D eigenvalue weighted by atomic mass is 10.1. The van der Waals surface area contributed by atoms with Gasteiger partial charge in [0.25, 0.3) is 0 Å². The van der Waals surface area contributed by atoms with Crippen LogP contribution in [0.3, 0.4) is 0 Å². The van der Waals surface area contributed by atoms with Crippen LogP contribution in [0.25, 0.3) is 0 Å². The Labute approximate surface area is 134 Å². The first-order valence-corrected chi connectivity index (χ1v) is 7.93. The second-order valence-corrected chi connectivity index (χ2v) is 5.19. The van der Waals surface area contributed by atoms with Gasteiger partial charge in [0, 0.05) is 18.2 Å². The summed E-state index contributed by atoms with van der Waals surface area (Å²) >= 11 is 0. The van der Waals surface area contributed by atoms with Crippen LogP contribution in [0, 0.1) is 0 Å². The van der Waals surface area contributed by atoms with Gasteiger partial charge in [-0.25, -0.2) is 0 Å². The van der Waals surface area contributed by atoms with E-state index in [1.54, 1.807) is 7.11 Å². The van der Waals surface area contributed by atoms with E-state index >= 15 is 0 Å². The van der Waals surface area contributed by atoms with E-state index < -0.39 is 0 Å². The highest BCUT2D eigenvalue weighted by Crippen LogP contribution is 2.24. The van der Waals surface area contributed by atoms with Crippen LogP contribution in [0.2, 0.25) is 0 Å². The van der Waals surface area contributed by atoms with Gasteiger partial charge in [0.2, 0.25) is 0 Å². The smallest absolute Gasteiger partial charge is 0.123 e. The average molecular weight is 307 g/mol. The second-order valence-electron chi connectivity index (χ2n) is 5.19. The van der Waals surface area contributed by atoms with Crippen LogP contribution in [-0.4, -0.2) is 39.5 Å². The summed E-state index contributed by atoms with van der Waals surface area (Å²) in [5, 5.41) is 3.39. The molecular weight excluding hydrogens is 278 g/mol. The molecule has 0 aliphatic carbocycles. The SMILES string of the molecule is C=CCc1cc(OC)ccc1OCCOCCN[C@H](C)CC. The average Bonchev–Trinajstić information content (AvgIpc) is 2.54. The van der Waals surface area contributed by atoms with Crippen molar-refractivity contribution in [1.29, 1.82) is 0 Å². The topological polar surface area (TPSA) is 39.7 Å². The predicted molar refractivity (Wildman–Crippen MR) is 91.0 cm³/mol. The van der Waals surface area contributed by atoms with E-state index in [9.17, 15) is 0 Å². The van der Waals surface area contributed by atoms with Crippen LogP contribution in [0.15, 0.2) is 30.9 Å². The molecule has 124 valence electrons. The Balaban J connectivity index is 2.28. The molecule has 0 aromatic heterocycles. The Bertz CT molecular complexity index is 434. The minimum absolute atomic E-state index is 0.541. The summed E-state index contributed by atoms with van der Waals surface area (Å²) in [5.74, 6) is 1.69. The molecule has 0 spiro atoms. The number of rotatable bonds is 12. The molecule has 0 aliphatic rings. The van der Waals surface area contributed by atoms with E-state index in [1.165, 1.54) is 0 Å². The number of hydrogen-bond donors (Lipinski definition) is 1. The molecule has 0 radical (unpaired) electrons. The van der Waals surface area contributed by atoms with Gasteiger partial charge < -0.3 is 19.5 Å². The van der Waals surface area contributed by atoms with Gasteiger partial charge in [-0.1, -0.05) is 13.0 Å². The van der Waals surface area contributed by atoms with Gasteiger partial charge in [0.15, 0.2) is 0 Å². The van der Waals surface area contributed by atoms with E-state index in [1.807, 2.05) is 24.3 Å². The first-order chi connectivity index (χ1) is 10.7. The summed E-state index contributed by atoms with van der Waals surface area (Å²) in [7, 11) is 1.66. The van der Waals surface area contributed by atoms with Gasteiger partial charge in [0.05, 0.1) is 20.3 Å². The molecule has 1 N–H and O–H groups in total. The first kappa shape index (κ1) is 18.5. The molecule has 1 atom stereocenters. The van der Waals surface area contributed by atoms with Gasteiger partial charge in [-0.3, -0.25) is 0 Å². The standard InChI is InChI=1S/C18H29NO3/c1-5-7-16-14-17(20-4)8-9-18(16)22-13-12-21-11-10-19-15(3)6-2/h5,8-9,14-15,19H,1,6-7,10-13H2,2-4H3/t15-/m1/s1. The van der Waals surface area contributed by atoms with Gasteiger partial charge >= 0.3 is 0 Å². The fourth-order valence-corrected chi connectivity index (χ4v) is 1.97. The van der Waals surface area contributed by atoms with Crippen molar-refractivity contribution in [2.24, 2.45) is 0 Å². The maximum atomic E-state index is 5.79. The second kappa shape index (κ2) is 11.1. The maximum absolute atomic E-state index is 5.79. The molecule has 0 bridgehead atoms. The minimum Gasteiger partial charge on any atom is -0.497 e. The molecular formula is C18H29NO3. The van der Waals surface area contributed by atoms with Crippen molar-refractivity contribution in [3.8, 4) is 11.5 Å². The quantitative estimate of drug-likeness (QED) is 0.475. The monoisotopic (exact) mass is 307 g/mol. The summed E-state index contributed by atoms with van der Waals surface area (Å²) in [4.78, 5) is 0. The summed E-state index contributed by atoms with van der Waals surface area (Å²) in [6.07, 6.45) is 3.75. The van der Waals surface area contributed by atoms with Crippen LogP contribution in [0.4, 0.5) is 0 Å². The van der Waals surface area contributed by atoms with E-state index in [2.05, 4.69) is 25.7 Å². The fraction of sp³-hybridized carbons (Fsp3) is 0.556. The molecule has 0 aliphatic heterocycles. The molecule has 0 unspecified atom stereocenters. The number of nitrogens with one attached hydrogen (secondary N) is 1. The van der Waals surface area contributed by atoms with Gasteiger partial charge in [-0.2, -0.15) is 0 Å². The van der Waals surface area contributed by atoms with Gasteiger partial charge in [-0.15, -0.1) is 6.58 Å². The number of ether oxygens (including phenoxy) is 3. The van der Waals surface area contributed by atoms with Crippen molar-refractivity contribution in [2.45, 2.75) is 32.7 Å². The van der Waals surface area contributed by atoms with Crippen molar-refractivity contribution < 1.29 is 14.2 Å². The highest BCUT2D eigenvalue weighted by atomic mass is 16.5. The predicted octanol–water partition coefficient (Wildman–Crippen LogP) is 3.21. The van der Waals surface area contributed by atoms with E-state index in [-0.39, 0.29) is 0 Å². The molecule has 4 heteroatoms. The number of allylic oxidation sites excluding steroid dienone is 1. The van der Waals surface area contributed by atoms with E-state index in [0.29, 0.717) is 25.9 Å². The van der Waals surface area contributed by atoms with Crippen LogP contribution in [0.1, 0.15) is 25.8 Å². The zero-order chi connectivity index (χ0) is 16.2. The maximum Gasteiger partial charge on any atom is 0.123 e. The minimum atomic E-state index is 0.541. The Hall–Kier alpha value is -1.52. The van der Waals surface area contributed by atoms with Crippen LogP contribution in [0.5, 0.6) is 11.5 Å². The third-order valence-corrected chi connectivity index (χ3v) is 3.47. The molecule has 22 heavy (non-hydrogen) atoms. The molecule has 0 heterocycles. The van der Waals surface area contributed by atoms with Crippen molar-refractivity contribution in [1.82, 2.24) is 5.32 Å². The Morgan fingerprint density at radius 1 is 1.27 bits per heavy atom. The van der Waals surface area contributed by atoms with Gasteiger partial charge in [0.1, 0.15) is 18.1 Å². The first-order valence-electron chi connectivity index (χ1n) is 7.93. The van der Waals surface area contributed by atoms with Crippen molar-refractivity contribution in [3.63, 3.8) is 0 Å². The number of hydrogen-bond acceptors (Lipinski definition) is 4. The molecule has 4 nitrogen and oxygen atoms in total. The number of benzene rings is 1.